The Morgan fingerprint density at radius 1 is 1.00 bits per heavy atom. The van der Waals surface area contributed by atoms with Crippen molar-refractivity contribution in [2.24, 2.45) is 0 Å². The third-order valence-corrected chi connectivity index (χ3v) is 1.81. The Morgan fingerprint density at radius 3 is 1.85 bits per heavy atom. The van der Waals surface area contributed by atoms with Crippen molar-refractivity contribution in [2.75, 3.05) is 0 Å². The molecular weight excluding hydrogens is 296 g/mol. The van der Waals surface area contributed by atoms with Crippen LogP contribution in [-0.2, 0) is 31.0 Å². The largest absolute Gasteiger partial charge is 0 e. The zero-order valence-corrected chi connectivity index (χ0v) is 12.5. The maximum absolute atomic E-state index is 7.50. The smallest absolute Gasteiger partial charge is 0 e. The monoisotopic (exact) mass is 312 g/mol. The van der Waals surface area contributed by atoms with Gasteiger partial charge in [-0.3, -0.25) is 0 Å². The second kappa shape index (κ2) is 26.5. The van der Waals surface area contributed by atoms with E-state index in [2.05, 4.69) is 77.3 Å². The van der Waals surface area contributed by atoms with Gasteiger partial charge in [0.25, 0.3) is 0 Å². The molecule has 0 aliphatic rings. The zero-order valence-electron chi connectivity index (χ0n) is 11.4. The van der Waals surface area contributed by atoms with Crippen molar-refractivity contribution in [2.45, 2.75) is 20.3 Å². The van der Waals surface area contributed by atoms with Gasteiger partial charge in [0.2, 0.25) is 0 Å². The van der Waals surface area contributed by atoms with Crippen LogP contribution in [0, 0.1) is 45.1 Å². The summed E-state index contributed by atoms with van der Waals surface area (Å²) in [7, 11) is 0. The van der Waals surface area contributed by atoms with Gasteiger partial charge >= 0.3 is 33.9 Å². The van der Waals surface area contributed by atoms with E-state index in [0.717, 1.165) is 6.42 Å². The third-order valence-electron chi connectivity index (χ3n) is 1.81. The van der Waals surface area contributed by atoms with Gasteiger partial charge in [0.15, 0.2) is 0 Å². The summed E-state index contributed by atoms with van der Waals surface area (Å²) in [5.74, 6) is 1.30. The molecule has 1 aromatic carbocycles. The molecule has 3 nitrogen and oxygen atoms in total. The average Bonchev–Trinajstić information content (AvgIpc) is 2.52. The maximum Gasteiger partial charge on any atom is 0 e. The molecule has 20 heavy (non-hydrogen) atoms. The molecule has 106 valence electrons. The number of hydrogen-bond acceptors (Lipinski definition) is 0. The Balaban J connectivity index is -0.000000162. The third kappa shape index (κ3) is 19.3. The molecule has 0 fully saturated rings. The van der Waals surface area contributed by atoms with Crippen LogP contribution < -0.4 is 0 Å². The number of unbranched alkanes of at least 4 members (excludes halogenated alkanes) is 1. The van der Waals surface area contributed by atoms with Gasteiger partial charge in [-0.2, -0.15) is 0 Å². The van der Waals surface area contributed by atoms with Gasteiger partial charge in [-0.05, 0) is 30.7 Å². The molecule has 0 aliphatic heterocycles. The minimum Gasteiger partial charge on any atom is 0 e. The molecule has 1 rings (SSSR count). The molecule has 0 unspecified atom stereocenters. The molecule has 1 aromatic rings. The van der Waals surface area contributed by atoms with Gasteiger partial charge in [0.05, 0.1) is 0 Å². The van der Waals surface area contributed by atoms with Crippen molar-refractivity contribution >= 4 is 0 Å². The van der Waals surface area contributed by atoms with Crippen LogP contribution in [0.1, 0.15) is 25.8 Å². The molecule has 0 heterocycles. The Labute approximate surface area is 132 Å². The molecule has 0 bridgehead atoms. The van der Waals surface area contributed by atoms with Gasteiger partial charge in [0.1, 0.15) is 0 Å². The second-order valence-corrected chi connectivity index (χ2v) is 3.11. The Bertz CT molecular complexity index is 316. The summed E-state index contributed by atoms with van der Waals surface area (Å²) < 4.78 is 22.5. The molecule has 0 spiro atoms. The van der Waals surface area contributed by atoms with Crippen LogP contribution in [0.5, 0.6) is 0 Å². The summed E-state index contributed by atoms with van der Waals surface area (Å²) in [6.07, 6.45) is 7.62. The molecule has 0 amide bonds. The van der Waals surface area contributed by atoms with Crippen LogP contribution >= 0.6 is 0 Å². The quantitative estimate of drug-likeness (QED) is 0.454. The van der Waals surface area contributed by atoms with Crippen LogP contribution in [0.25, 0.3) is 0 Å². The van der Waals surface area contributed by atoms with Crippen LogP contribution in [0.15, 0.2) is 30.3 Å². The molecule has 4 radical (unpaired) electrons. The summed E-state index contributed by atoms with van der Waals surface area (Å²) in [6, 6.07) is 10.4. The maximum atomic E-state index is 7.50. The Hall–Kier alpha value is -1.04. The molecule has 0 saturated carbocycles. The minimum atomic E-state index is 0. The van der Waals surface area contributed by atoms with Crippen LogP contribution in [0.4, 0.5) is 0 Å². The van der Waals surface area contributed by atoms with Crippen LogP contribution in [0.2, 0.25) is 0 Å². The first-order chi connectivity index (χ1) is 9.33. The summed E-state index contributed by atoms with van der Waals surface area (Å²) in [4.78, 5) is 0. The van der Waals surface area contributed by atoms with Crippen molar-refractivity contribution in [3.63, 3.8) is 0 Å². The van der Waals surface area contributed by atoms with E-state index in [1.165, 1.54) is 11.5 Å². The van der Waals surface area contributed by atoms with E-state index in [1.54, 1.807) is 0 Å². The standard InChI is InChI=1S/C13H16.3CO.Fe/c1-3-4-8-12(2)11-13-9-6-5-7-10-13;3*1-2;/h4-11H,3H2,1-2H3;;;;. The van der Waals surface area contributed by atoms with Gasteiger partial charge in [0, 0.05) is 17.1 Å². The topological polar surface area (TPSA) is 59.7 Å². The number of hydrogen-bond donors (Lipinski definition) is 0. The van der Waals surface area contributed by atoms with Gasteiger partial charge in [-0.25, -0.2) is 0 Å². The predicted octanol–water partition coefficient (Wildman–Crippen LogP) is 3.54. The zero-order chi connectivity index (χ0) is 15.5. The Morgan fingerprint density at radius 2 is 1.45 bits per heavy atom. The SMILES string of the molecule is CC[CH][CH][C](C)[CH]c1ccccc1.[C-]#[O+].[C-]#[O+].[C-]#[O+].[Fe]. The number of benzene rings is 1. The first kappa shape index (κ1) is 27.3. The average molecular weight is 312 g/mol. The van der Waals surface area contributed by atoms with E-state index in [1.807, 2.05) is 6.07 Å². The molecule has 0 aliphatic carbocycles. The molecular formula is C16H16FeO3. The number of rotatable bonds is 5. The molecule has 4 heteroatoms. The summed E-state index contributed by atoms with van der Waals surface area (Å²) in [5, 5.41) is 0. The van der Waals surface area contributed by atoms with Gasteiger partial charge < -0.3 is 0 Å². The van der Waals surface area contributed by atoms with Crippen molar-refractivity contribution in [1.82, 2.24) is 0 Å². The predicted molar refractivity (Wildman–Crippen MR) is 69.4 cm³/mol. The van der Waals surface area contributed by atoms with Crippen molar-refractivity contribution in [1.29, 1.82) is 0 Å². The fourth-order valence-electron chi connectivity index (χ4n) is 1.16. The molecule has 0 aromatic heterocycles. The van der Waals surface area contributed by atoms with Crippen molar-refractivity contribution in [3.8, 4) is 0 Å². The van der Waals surface area contributed by atoms with Gasteiger partial charge in [-0.15, -0.1) is 0 Å². The fourth-order valence-corrected chi connectivity index (χ4v) is 1.16. The minimum absolute atomic E-state index is 0. The molecule has 0 atom stereocenters. The molecule has 0 saturated heterocycles. The normalized spacial score (nSPS) is 7.25. The van der Waals surface area contributed by atoms with E-state index < -0.39 is 0 Å². The van der Waals surface area contributed by atoms with Gasteiger partial charge in [-0.1, -0.05) is 50.6 Å². The van der Waals surface area contributed by atoms with Crippen LogP contribution in [-0.4, -0.2) is 0 Å². The van der Waals surface area contributed by atoms with E-state index in [-0.39, 0.29) is 17.1 Å². The summed E-state index contributed by atoms with van der Waals surface area (Å²) >= 11 is 0. The first-order valence-electron chi connectivity index (χ1n) is 5.34. The van der Waals surface area contributed by atoms with Crippen LogP contribution in [0.3, 0.4) is 0 Å². The second-order valence-electron chi connectivity index (χ2n) is 3.11. The first-order valence-corrected chi connectivity index (χ1v) is 5.34. The van der Waals surface area contributed by atoms with E-state index in [4.69, 9.17) is 14.0 Å². The van der Waals surface area contributed by atoms with E-state index in [0.29, 0.717) is 0 Å². The summed E-state index contributed by atoms with van der Waals surface area (Å²) in [5.41, 5.74) is 1.26. The van der Waals surface area contributed by atoms with Crippen molar-refractivity contribution < 1.29 is 31.0 Å². The fraction of sp³-hybridized carbons (Fsp3) is 0.188. The summed E-state index contributed by atoms with van der Waals surface area (Å²) in [6.45, 7) is 17.8. The van der Waals surface area contributed by atoms with Crippen molar-refractivity contribution in [3.05, 3.63) is 81.0 Å². The Kier molecular flexibility index (Phi) is 36.2. The van der Waals surface area contributed by atoms with E-state index >= 15 is 0 Å². The molecule has 0 N–H and O–H groups in total. The van der Waals surface area contributed by atoms with E-state index in [9.17, 15) is 0 Å².